The number of aliphatic hydroxyl groups excluding tert-OH is 6. The largest absolute Gasteiger partial charge is 0.481 e. The van der Waals surface area contributed by atoms with Crippen LogP contribution in [0.25, 0.3) is 0 Å². The third-order valence-electron chi connectivity index (χ3n) is 11.6. The molecule has 2 fully saturated rings. The highest BCUT2D eigenvalue weighted by molar-refractivity contribution is 5.71. The zero-order chi connectivity index (χ0) is 45.1. The molecule has 0 aliphatic carbocycles. The van der Waals surface area contributed by atoms with Gasteiger partial charge in [0.15, 0.2) is 12.6 Å². The fourth-order valence-electron chi connectivity index (χ4n) is 7.65. The molecule has 0 aromatic rings. The number of carbonyl (C=O) groups is 2. The number of hydrogen-bond donors (Lipinski definition) is 9. The molecule has 348 valence electrons. The average molecular weight is 867 g/mol. The number of aliphatic carboxylic acids is 1. The Hall–Kier alpha value is -2.84. The summed E-state index contributed by atoms with van der Waals surface area (Å²) in [5, 5.41) is 74.9. The van der Waals surface area contributed by atoms with Crippen molar-refractivity contribution < 1.29 is 69.0 Å². The molecule has 0 radical (unpaired) electrons. The van der Waals surface area contributed by atoms with Crippen LogP contribution < -0.4 is 11.5 Å². The molecule has 16 unspecified atom stereocenters. The Morgan fingerprint density at radius 3 is 1.79 bits per heavy atom. The summed E-state index contributed by atoms with van der Waals surface area (Å²) in [5.41, 5.74) is 12.1. The van der Waals surface area contributed by atoms with E-state index in [0.717, 1.165) is 19.3 Å². The quantitative estimate of drug-likeness (QED) is 0.174. The van der Waals surface area contributed by atoms with Crippen molar-refractivity contribution in [2.45, 2.75) is 197 Å². The number of carbonyl (C=O) groups excluding carboxylic acids is 1. The van der Waals surface area contributed by atoms with Gasteiger partial charge < -0.3 is 70.9 Å². The number of hydrogen-bond acceptors (Lipinski definition) is 15. The van der Waals surface area contributed by atoms with Gasteiger partial charge in [-0.1, -0.05) is 107 Å². The van der Waals surface area contributed by atoms with Crippen molar-refractivity contribution in [1.29, 1.82) is 0 Å². The van der Waals surface area contributed by atoms with Crippen LogP contribution in [0.5, 0.6) is 0 Å². The molecule has 16 atom stereocenters. The summed E-state index contributed by atoms with van der Waals surface area (Å²) >= 11 is 0. The van der Waals surface area contributed by atoms with Gasteiger partial charge in [-0.2, -0.15) is 0 Å². The predicted molar refractivity (Wildman–Crippen MR) is 227 cm³/mol. The molecule has 0 saturated carbocycles. The summed E-state index contributed by atoms with van der Waals surface area (Å²) in [5.74, 6) is -3.04. The molecule has 0 bridgehead atoms. The fraction of sp³-hybridized carbons (Fsp3) is 0.733. The van der Waals surface area contributed by atoms with Crippen molar-refractivity contribution in [3.63, 3.8) is 0 Å². The predicted octanol–water partition coefficient (Wildman–Crippen LogP) is 2.81. The Labute approximate surface area is 360 Å². The Balaban J connectivity index is 1.84. The number of nitrogens with two attached hydrogens (primary N) is 2. The first-order valence-corrected chi connectivity index (χ1v) is 22.0. The summed E-state index contributed by atoms with van der Waals surface area (Å²) in [6.45, 7) is 7.22. The van der Waals surface area contributed by atoms with Gasteiger partial charge in [-0.15, -0.1) is 0 Å². The molecule has 3 aliphatic rings. The molecule has 11 N–H and O–H groups in total. The zero-order valence-corrected chi connectivity index (χ0v) is 36.2. The van der Waals surface area contributed by atoms with Gasteiger partial charge in [-0.05, 0) is 45.4 Å². The van der Waals surface area contributed by atoms with E-state index in [2.05, 4.69) is 0 Å². The van der Waals surface area contributed by atoms with Crippen molar-refractivity contribution >= 4 is 11.9 Å². The Kier molecular flexibility index (Phi) is 23.6. The molecule has 2 saturated heterocycles. The molecule has 61 heavy (non-hydrogen) atoms. The zero-order valence-electron chi connectivity index (χ0n) is 36.2. The summed E-state index contributed by atoms with van der Waals surface area (Å²) in [7, 11) is 0. The van der Waals surface area contributed by atoms with Gasteiger partial charge in [0.2, 0.25) is 0 Å². The van der Waals surface area contributed by atoms with Crippen LogP contribution in [0.1, 0.15) is 105 Å². The molecule has 3 rings (SSSR count). The minimum atomic E-state index is -1.58. The second kappa shape index (κ2) is 27.4. The molecule has 16 heteroatoms. The molecular formula is C45H74N2O14. The Morgan fingerprint density at radius 2 is 1.21 bits per heavy atom. The Bertz CT molecular complexity index is 1440. The summed E-state index contributed by atoms with van der Waals surface area (Å²) in [6.07, 6.45) is 9.14. The van der Waals surface area contributed by atoms with Crippen molar-refractivity contribution in [2.24, 2.45) is 23.3 Å². The summed E-state index contributed by atoms with van der Waals surface area (Å²) < 4.78 is 29.7. The van der Waals surface area contributed by atoms with Gasteiger partial charge in [0.05, 0.1) is 60.9 Å². The second-order valence-electron chi connectivity index (χ2n) is 16.9. The highest BCUT2D eigenvalue weighted by Gasteiger charge is 2.45. The van der Waals surface area contributed by atoms with Gasteiger partial charge in [0.25, 0.3) is 0 Å². The van der Waals surface area contributed by atoms with Crippen molar-refractivity contribution in [3.8, 4) is 0 Å². The average Bonchev–Trinajstić information content (AvgIpc) is 3.20. The van der Waals surface area contributed by atoms with Crippen LogP contribution in [0.3, 0.4) is 0 Å². The molecule has 0 amide bonds. The fourth-order valence-corrected chi connectivity index (χ4v) is 7.65. The van der Waals surface area contributed by atoms with Gasteiger partial charge in [0.1, 0.15) is 24.2 Å². The van der Waals surface area contributed by atoms with E-state index in [1.807, 2.05) is 44.2 Å². The topological polar surface area (TPSA) is 274 Å². The lowest BCUT2D eigenvalue weighted by atomic mass is 9.88. The van der Waals surface area contributed by atoms with Crippen molar-refractivity contribution in [2.75, 3.05) is 0 Å². The SMILES string of the molecule is CC(C)C1CC=CC=CC=CC=CC=CC(O)CC(O)C(C(=O)O)C(OC2OC(C)C(O)C(N)C2O)CCCCC(OC2OC(C)C(O)C(N)C2O)CCCCCCC(=O)O1. The summed E-state index contributed by atoms with van der Waals surface area (Å²) in [6, 6.07) is -2.13. The van der Waals surface area contributed by atoms with E-state index in [1.54, 1.807) is 38.2 Å². The molecule has 0 spiro atoms. The normalized spacial score (nSPS) is 39.1. The third kappa shape index (κ3) is 17.7. The number of carboxylic acids is 1. The smallest absolute Gasteiger partial charge is 0.311 e. The number of ether oxygens (including phenoxy) is 5. The maximum Gasteiger partial charge on any atom is 0.311 e. The minimum Gasteiger partial charge on any atom is -0.481 e. The number of allylic oxidation sites excluding steroid dienone is 8. The number of aliphatic hydroxyl groups is 6. The first-order valence-electron chi connectivity index (χ1n) is 22.0. The van der Waals surface area contributed by atoms with E-state index in [0.29, 0.717) is 44.9 Å². The number of cyclic esters (lactones) is 1. The molecule has 0 aromatic carbocycles. The van der Waals surface area contributed by atoms with Crippen LogP contribution in [0, 0.1) is 11.8 Å². The van der Waals surface area contributed by atoms with E-state index >= 15 is 0 Å². The van der Waals surface area contributed by atoms with Gasteiger partial charge in [-0.25, -0.2) is 0 Å². The van der Waals surface area contributed by atoms with E-state index in [1.165, 1.54) is 6.08 Å². The lowest BCUT2D eigenvalue weighted by Gasteiger charge is -2.42. The van der Waals surface area contributed by atoms with E-state index in [9.17, 15) is 45.3 Å². The first-order chi connectivity index (χ1) is 29.0. The monoisotopic (exact) mass is 867 g/mol. The van der Waals surface area contributed by atoms with Crippen LogP contribution in [-0.2, 0) is 33.3 Å². The summed E-state index contributed by atoms with van der Waals surface area (Å²) in [4.78, 5) is 25.5. The van der Waals surface area contributed by atoms with E-state index in [4.69, 9.17) is 35.2 Å². The highest BCUT2D eigenvalue weighted by Crippen LogP contribution is 2.30. The molecule has 3 aliphatic heterocycles. The number of esters is 1. The molecule has 16 nitrogen and oxygen atoms in total. The maximum atomic E-state index is 12.8. The van der Waals surface area contributed by atoms with Gasteiger partial charge in [-0.3, -0.25) is 9.59 Å². The standard InChI is InChI=1S/C45H74N2O14/c1-27(2)33-23-16-11-9-7-5-6-8-10-14-20-30(48)26-32(49)36(43(55)56)34(61-45-42(54)38(47)40(52)29(4)58-45)24-19-18-22-31(21-15-12-13-17-25-35(50)60-33)59-44-41(53)37(46)39(51)28(3)57-44/h5-11,14,16,20,27-34,36-42,44-45,48-49,51-54H,12-13,15,17-19,21-26,46-47H2,1-4H3,(H,55,56). The number of carboxylic acid groups (broad SMARTS) is 1. The van der Waals surface area contributed by atoms with Crippen LogP contribution in [0.15, 0.2) is 60.8 Å². The second-order valence-corrected chi connectivity index (χ2v) is 16.9. The van der Waals surface area contributed by atoms with Crippen LogP contribution >= 0.6 is 0 Å². The van der Waals surface area contributed by atoms with E-state index in [-0.39, 0.29) is 30.8 Å². The number of rotatable bonds is 6. The van der Waals surface area contributed by atoms with Crippen molar-refractivity contribution in [1.82, 2.24) is 0 Å². The van der Waals surface area contributed by atoms with Gasteiger partial charge >= 0.3 is 11.9 Å². The molecule has 3 heterocycles. The lowest BCUT2D eigenvalue weighted by Crippen LogP contribution is -2.62. The first kappa shape index (κ1) is 52.5. The van der Waals surface area contributed by atoms with Crippen molar-refractivity contribution in [3.05, 3.63) is 60.8 Å². The lowest BCUT2D eigenvalue weighted by molar-refractivity contribution is -0.288. The van der Waals surface area contributed by atoms with Gasteiger partial charge in [0, 0.05) is 19.3 Å². The molecular weight excluding hydrogens is 792 g/mol. The third-order valence-corrected chi connectivity index (χ3v) is 11.6. The van der Waals surface area contributed by atoms with Crippen LogP contribution in [-0.4, -0.2) is 139 Å². The van der Waals surface area contributed by atoms with Crippen LogP contribution in [0.4, 0.5) is 0 Å². The van der Waals surface area contributed by atoms with Crippen LogP contribution in [0.2, 0.25) is 0 Å². The Morgan fingerprint density at radius 1 is 0.705 bits per heavy atom. The van der Waals surface area contributed by atoms with E-state index < -0.39 is 97.6 Å². The maximum absolute atomic E-state index is 12.8. The molecule has 0 aromatic heterocycles. The highest BCUT2D eigenvalue weighted by atomic mass is 16.7. The minimum absolute atomic E-state index is 0.0785.